The molecular weight excluding hydrogens is 320 g/mol. The van der Waals surface area contributed by atoms with E-state index in [1.165, 1.54) is 14.2 Å². The van der Waals surface area contributed by atoms with Crippen LogP contribution in [0.2, 0.25) is 0 Å². The molecule has 0 aromatic heterocycles. The van der Waals surface area contributed by atoms with Gasteiger partial charge in [-0.15, -0.1) is 0 Å². The van der Waals surface area contributed by atoms with E-state index >= 15 is 0 Å². The van der Waals surface area contributed by atoms with Crippen molar-refractivity contribution in [2.75, 3.05) is 19.5 Å². The van der Waals surface area contributed by atoms with Gasteiger partial charge in [-0.1, -0.05) is 12.1 Å². The van der Waals surface area contributed by atoms with Gasteiger partial charge in [0.2, 0.25) is 5.75 Å². The highest BCUT2D eigenvalue weighted by atomic mass is 16.5. The molecule has 2 aromatic carbocycles. The first-order valence-corrected chi connectivity index (χ1v) is 8.27. The van der Waals surface area contributed by atoms with E-state index in [4.69, 9.17) is 9.47 Å². The number of carbonyl (C=O) groups is 1. The highest BCUT2D eigenvalue weighted by molar-refractivity contribution is 6.02. The Morgan fingerprint density at radius 2 is 1.76 bits per heavy atom. The lowest BCUT2D eigenvalue weighted by atomic mass is 10.0. The lowest BCUT2D eigenvalue weighted by molar-refractivity contribution is 0.0666. The molecule has 0 bridgehead atoms. The number of rotatable bonds is 4. The molecule has 0 unspecified atom stereocenters. The summed E-state index contributed by atoms with van der Waals surface area (Å²) in [6, 6.07) is 11.2. The van der Waals surface area contributed by atoms with Crippen LogP contribution in [0.4, 0.5) is 5.69 Å². The second-order valence-electron chi connectivity index (χ2n) is 6.31. The van der Waals surface area contributed by atoms with E-state index in [1.54, 1.807) is 12.1 Å². The number of phenolic OH excluding ortho intramolecular Hbond substituents is 1. The van der Waals surface area contributed by atoms with E-state index < -0.39 is 0 Å². The smallest absolute Gasteiger partial charge is 0.258 e. The number of methoxy groups -OCH3 is 2. The molecule has 25 heavy (non-hydrogen) atoms. The Bertz CT molecular complexity index is 807. The minimum atomic E-state index is -0.335. The first-order valence-electron chi connectivity index (χ1n) is 8.27. The molecule has 2 N–H and O–H groups in total. The predicted molar refractivity (Wildman–Crippen MR) is 93.2 cm³/mol. The van der Waals surface area contributed by atoms with Crippen molar-refractivity contribution in [3.8, 4) is 17.2 Å². The summed E-state index contributed by atoms with van der Waals surface area (Å²) >= 11 is 0. The molecular formula is C19H20N2O4. The fourth-order valence-corrected chi connectivity index (χ4v) is 3.31. The van der Waals surface area contributed by atoms with Gasteiger partial charge >= 0.3 is 0 Å². The van der Waals surface area contributed by atoms with Crippen LogP contribution in [0.15, 0.2) is 36.4 Å². The van der Waals surface area contributed by atoms with Gasteiger partial charge in [-0.2, -0.15) is 0 Å². The largest absolute Gasteiger partial charge is 0.502 e. The maximum absolute atomic E-state index is 13.0. The Labute approximate surface area is 146 Å². The van der Waals surface area contributed by atoms with E-state index in [2.05, 4.69) is 5.32 Å². The molecule has 2 aliphatic rings. The van der Waals surface area contributed by atoms with E-state index in [9.17, 15) is 9.90 Å². The lowest BCUT2D eigenvalue weighted by Crippen LogP contribution is -2.44. The van der Waals surface area contributed by atoms with Gasteiger partial charge in [-0.25, -0.2) is 0 Å². The van der Waals surface area contributed by atoms with Crippen molar-refractivity contribution >= 4 is 11.6 Å². The molecule has 1 aliphatic heterocycles. The van der Waals surface area contributed by atoms with Gasteiger partial charge in [0, 0.05) is 17.3 Å². The topological polar surface area (TPSA) is 71.0 Å². The van der Waals surface area contributed by atoms with Crippen molar-refractivity contribution < 1.29 is 19.4 Å². The number of anilines is 1. The number of carbonyl (C=O) groups excluding carboxylic acids is 1. The summed E-state index contributed by atoms with van der Waals surface area (Å²) < 4.78 is 10.5. The van der Waals surface area contributed by atoms with Crippen molar-refractivity contribution in [3.63, 3.8) is 0 Å². The summed E-state index contributed by atoms with van der Waals surface area (Å²) in [5, 5.41) is 13.6. The number of aromatic hydroxyl groups is 1. The molecule has 2 aromatic rings. The molecule has 0 spiro atoms. The van der Waals surface area contributed by atoms with Crippen LogP contribution in [-0.4, -0.2) is 36.2 Å². The number of fused-ring (bicyclic) bond motifs is 1. The van der Waals surface area contributed by atoms with Gasteiger partial charge in [0.05, 0.1) is 19.8 Å². The normalized spacial score (nSPS) is 19.2. The van der Waals surface area contributed by atoms with E-state index in [0.717, 1.165) is 24.1 Å². The van der Waals surface area contributed by atoms with Gasteiger partial charge in [-0.3, -0.25) is 4.79 Å². The Kier molecular flexibility index (Phi) is 3.67. The van der Waals surface area contributed by atoms with Gasteiger partial charge < -0.3 is 24.8 Å². The molecule has 1 amide bonds. The molecule has 4 rings (SSSR count). The number of benzene rings is 2. The molecule has 1 fully saturated rings. The average Bonchev–Trinajstić information content (AvgIpc) is 3.46. The van der Waals surface area contributed by atoms with Crippen LogP contribution >= 0.6 is 0 Å². The first-order chi connectivity index (χ1) is 12.1. The average molecular weight is 340 g/mol. The molecule has 130 valence electrons. The summed E-state index contributed by atoms with van der Waals surface area (Å²) in [6.07, 6.45) is 1.66. The number of hydrogen-bond donors (Lipinski definition) is 2. The fraction of sp³-hybridized carbons (Fsp3) is 0.316. The molecule has 1 heterocycles. The summed E-state index contributed by atoms with van der Waals surface area (Å²) in [5.41, 5.74) is 2.30. The third-order valence-electron chi connectivity index (χ3n) is 4.72. The highest BCUT2D eigenvalue weighted by Crippen LogP contribution is 2.44. The second kappa shape index (κ2) is 5.88. The summed E-state index contributed by atoms with van der Waals surface area (Å²) in [6.45, 7) is 0. The minimum absolute atomic E-state index is 0.0212. The summed E-state index contributed by atoms with van der Waals surface area (Å²) in [7, 11) is 2.98. The standard InChI is InChI=1S/C19H20N2O4/c1-24-15-9-11(10-16(25-2)17(15)22)18-20-14-6-4-3-5-13(14)19(23)21(18)12-7-8-12/h3-6,9-10,12,18,20,22H,7-8H2,1-2H3/t18-/m0/s1. The lowest BCUT2D eigenvalue weighted by Gasteiger charge is -2.38. The highest BCUT2D eigenvalue weighted by Gasteiger charge is 2.42. The van der Waals surface area contributed by atoms with Crippen LogP contribution in [0.3, 0.4) is 0 Å². The molecule has 1 saturated carbocycles. The quantitative estimate of drug-likeness (QED) is 0.895. The Balaban J connectivity index is 1.82. The van der Waals surface area contributed by atoms with Crippen LogP contribution in [-0.2, 0) is 0 Å². The first kappa shape index (κ1) is 15.6. The minimum Gasteiger partial charge on any atom is -0.502 e. The monoisotopic (exact) mass is 340 g/mol. The summed E-state index contributed by atoms with van der Waals surface area (Å²) in [5.74, 6) is 0.610. The Hall–Kier alpha value is -2.89. The summed E-state index contributed by atoms with van der Waals surface area (Å²) in [4.78, 5) is 14.9. The third kappa shape index (κ3) is 2.54. The zero-order valence-corrected chi connectivity index (χ0v) is 14.2. The van der Waals surface area contributed by atoms with E-state index in [-0.39, 0.29) is 23.9 Å². The number of phenols is 1. The number of para-hydroxylation sites is 1. The number of nitrogens with zero attached hydrogens (tertiary/aromatic N) is 1. The van der Waals surface area contributed by atoms with Gasteiger partial charge in [0.15, 0.2) is 11.5 Å². The van der Waals surface area contributed by atoms with Crippen LogP contribution < -0.4 is 14.8 Å². The van der Waals surface area contributed by atoms with E-state index in [0.29, 0.717) is 17.1 Å². The number of nitrogens with one attached hydrogen (secondary N) is 1. The van der Waals surface area contributed by atoms with Gasteiger partial charge in [-0.05, 0) is 37.1 Å². The Morgan fingerprint density at radius 3 is 2.36 bits per heavy atom. The van der Waals surface area contributed by atoms with Gasteiger partial charge in [0.25, 0.3) is 5.91 Å². The fourth-order valence-electron chi connectivity index (χ4n) is 3.31. The number of ether oxygens (including phenoxy) is 2. The van der Waals surface area contributed by atoms with Crippen molar-refractivity contribution in [2.45, 2.75) is 25.0 Å². The van der Waals surface area contributed by atoms with Crippen molar-refractivity contribution in [1.29, 1.82) is 0 Å². The molecule has 0 radical (unpaired) electrons. The predicted octanol–water partition coefficient (Wildman–Crippen LogP) is 3.14. The third-order valence-corrected chi connectivity index (χ3v) is 4.72. The van der Waals surface area contributed by atoms with Crippen molar-refractivity contribution in [1.82, 2.24) is 4.90 Å². The Morgan fingerprint density at radius 1 is 1.12 bits per heavy atom. The zero-order chi connectivity index (χ0) is 17.6. The van der Waals surface area contributed by atoms with Crippen LogP contribution in [0.1, 0.15) is 34.9 Å². The molecule has 6 heteroatoms. The molecule has 0 saturated heterocycles. The maximum atomic E-state index is 13.0. The van der Waals surface area contributed by atoms with E-state index in [1.807, 2.05) is 29.2 Å². The number of amides is 1. The molecule has 6 nitrogen and oxygen atoms in total. The molecule has 1 aliphatic carbocycles. The van der Waals surface area contributed by atoms with Crippen LogP contribution in [0.5, 0.6) is 17.2 Å². The molecule has 1 atom stereocenters. The van der Waals surface area contributed by atoms with Crippen LogP contribution in [0, 0.1) is 0 Å². The second-order valence-corrected chi connectivity index (χ2v) is 6.31. The van der Waals surface area contributed by atoms with Crippen LogP contribution in [0.25, 0.3) is 0 Å². The van der Waals surface area contributed by atoms with Crippen molar-refractivity contribution in [3.05, 3.63) is 47.5 Å². The SMILES string of the molecule is COc1cc([C@H]2Nc3ccccc3C(=O)N2C2CC2)cc(OC)c1O. The number of hydrogen-bond acceptors (Lipinski definition) is 5. The van der Waals surface area contributed by atoms with Gasteiger partial charge in [0.1, 0.15) is 6.17 Å². The van der Waals surface area contributed by atoms with Crippen molar-refractivity contribution in [2.24, 2.45) is 0 Å². The zero-order valence-electron chi connectivity index (χ0n) is 14.2. The maximum Gasteiger partial charge on any atom is 0.258 e.